The Kier molecular flexibility index (Phi) is 10.6. The molecule has 26 heavy (non-hydrogen) atoms. The number of unbranched alkanes of at least 4 members (excludes halogenated alkanes) is 1. The second-order valence-corrected chi connectivity index (χ2v) is 6.92. The number of aliphatic imine (C=N–C) groups is 1. The summed E-state index contributed by atoms with van der Waals surface area (Å²) in [6.07, 6.45) is 3.28. The van der Waals surface area contributed by atoms with Crippen LogP contribution in [0.1, 0.15) is 29.1 Å². The van der Waals surface area contributed by atoms with E-state index >= 15 is 0 Å². The van der Waals surface area contributed by atoms with Crippen molar-refractivity contribution in [1.82, 2.24) is 15.2 Å². The summed E-state index contributed by atoms with van der Waals surface area (Å²) in [4.78, 5) is 11.0. The second-order valence-electron chi connectivity index (χ2n) is 5.98. The lowest BCUT2D eigenvalue weighted by molar-refractivity contribution is 0.396. The van der Waals surface area contributed by atoms with Gasteiger partial charge in [0.2, 0.25) is 0 Å². The molecule has 0 saturated heterocycles. The van der Waals surface area contributed by atoms with E-state index in [-0.39, 0.29) is 24.0 Å². The third-order valence-electron chi connectivity index (χ3n) is 3.94. The molecule has 0 saturated carbocycles. The van der Waals surface area contributed by atoms with Crippen molar-refractivity contribution < 1.29 is 4.74 Å². The summed E-state index contributed by atoms with van der Waals surface area (Å²) in [6.45, 7) is 3.71. The first kappa shape index (κ1) is 22.7. The van der Waals surface area contributed by atoms with Gasteiger partial charge in [0, 0.05) is 43.8 Å². The number of rotatable bonds is 8. The van der Waals surface area contributed by atoms with Crippen LogP contribution >= 0.6 is 35.3 Å². The van der Waals surface area contributed by atoms with Gasteiger partial charge in [-0.3, -0.25) is 4.99 Å². The van der Waals surface area contributed by atoms with Gasteiger partial charge in [0.1, 0.15) is 5.75 Å². The lowest BCUT2D eigenvalue weighted by Crippen LogP contribution is -2.38. The molecule has 1 N–H and O–H groups in total. The quantitative estimate of drug-likeness (QED) is 0.263. The highest BCUT2D eigenvalue weighted by Gasteiger charge is 2.09. The average Bonchev–Trinajstić information content (AvgIpc) is 3.03. The maximum atomic E-state index is 5.42. The maximum Gasteiger partial charge on any atom is 0.193 e. The zero-order chi connectivity index (χ0) is 18.1. The number of methoxy groups -OCH3 is 1. The molecule has 0 aliphatic heterocycles. The van der Waals surface area contributed by atoms with Gasteiger partial charge in [0.25, 0.3) is 0 Å². The SMILES string of the molecule is CN=C(NCCCCc1nc(C)cs1)N(C)Cc1ccccc1OC.I. The van der Waals surface area contributed by atoms with Gasteiger partial charge in [-0.1, -0.05) is 18.2 Å². The molecule has 0 radical (unpaired) electrons. The van der Waals surface area contributed by atoms with Gasteiger partial charge < -0.3 is 15.0 Å². The van der Waals surface area contributed by atoms with E-state index in [1.54, 1.807) is 18.4 Å². The predicted octanol–water partition coefficient (Wildman–Crippen LogP) is 4.11. The number of hydrogen-bond donors (Lipinski definition) is 1. The first-order valence-corrected chi connectivity index (χ1v) is 9.46. The Hall–Kier alpha value is -1.35. The van der Waals surface area contributed by atoms with E-state index in [4.69, 9.17) is 4.74 Å². The molecule has 0 aliphatic carbocycles. The zero-order valence-electron chi connectivity index (χ0n) is 16.0. The highest BCUT2D eigenvalue weighted by molar-refractivity contribution is 14.0. The molecule has 1 aromatic heterocycles. The van der Waals surface area contributed by atoms with Crippen LogP contribution in [0.5, 0.6) is 5.75 Å². The molecule has 0 spiro atoms. The minimum atomic E-state index is 0. The van der Waals surface area contributed by atoms with E-state index in [0.29, 0.717) is 0 Å². The Morgan fingerprint density at radius 2 is 2.08 bits per heavy atom. The monoisotopic (exact) mass is 488 g/mol. The van der Waals surface area contributed by atoms with Gasteiger partial charge in [-0.05, 0) is 32.3 Å². The maximum absolute atomic E-state index is 5.42. The molecule has 7 heteroatoms. The number of hydrogen-bond acceptors (Lipinski definition) is 4. The highest BCUT2D eigenvalue weighted by Crippen LogP contribution is 2.18. The standard InChI is InChI=1S/C19H28N4OS.HI/c1-15-14-25-18(22-15)11-7-8-12-21-19(20-2)23(3)13-16-9-5-6-10-17(16)24-4;/h5-6,9-10,14H,7-8,11-13H2,1-4H3,(H,20,21);1H. The minimum Gasteiger partial charge on any atom is -0.496 e. The number of benzene rings is 1. The van der Waals surface area contributed by atoms with Crippen LogP contribution < -0.4 is 10.1 Å². The van der Waals surface area contributed by atoms with Gasteiger partial charge in [0.05, 0.1) is 12.1 Å². The van der Waals surface area contributed by atoms with Crippen LogP contribution in [0.25, 0.3) is 0 Å². The lowest BCUT2D eigenvalue weighted by atomic mass is 10.2. The normalized spacial score (nSPS) is 11.0. The van der Waals surface area contributed by atoms with E-state index in [1.807, 2.05) is 39.2 Å². The third kappa shape index (κ3) is 7.11. The van der Waals surface area contributed by atoms with Crippen LogP contribution in [-0.2, 0) is 13.0 Å². The molecular formula is C19H29IN4OS. The first-order chi connectivity index (χ1) is 12.1. The summed E-state index contributed by atoms with van der Waals surface area (Å²) in [5.41, 5.74) is 2.27. The van der Waals surface area contributed by atoms with Crippen molar-refractivity contribution in [2.75, 3.05) is 27.7 Å². The van der Waals surface area contributed by atoms with Crippen LogP contribution in [0.2, 0.25) is 0 Å². The molecule has 0 bridgehead atoms. The van der Waals surface area contributed by atoms with Crippen molar-refractivity contribution in [1.29, 1.82) is 0 Å². The van der Waals surface area contributed by atoms with E-state index in [2.05, 4.69) is 31.6 Å². The number of nitrogens with one attached hydrogen (secondary N) is 1. The number of halogens is 1. The minimum absolute atomic E-state index is 0. The van der Waals surface area contributed by atoms with Crippen molar-refractivity contribution in [3.63, 3.8) is 0 Å². The van der Waals surface area contributed by atoms with Gasteiger partial charge in [-0.25, -0.2) is 4.98 Å². The van der Waals surface area contributed by atoms with E-state index < -0.39 is 0 Å². The summed E-state index contributed by atoms with van der Waals surface area (Å²) in [7, 11) is 5.56. The van der Waals surface area contributed by atoms with Crippen molar-refractivity contribution in [3.8, 4) is 5.75 Å². The smallest absolute Gasteiger partial charge is 0.193 e. The second kappa shape index (κ2) is 12.1. The zero-order valence-corrected chi connectivity index (χ0v) is 19.1. The Morgan fingerprint density at radius 3 is 2.73 bits per heavy atom. The molecule has 1 heterocycles. The van der Waals surface area contributed by atoms with Gasteiger partial charge in [-0.2, -0.15) is 0 Å². The van der Waals surface area contributed by atoms with E-state index in [0.717, 1.165) is 55.3 Å². The largest absolute Gasteiger partial charge is 0.496 e. The molecule has 144 valence electrons. The van der Waals surface area contributed by atoms with Crippen molar-refractivity contribution in [2.24, 2.45) is 4.99 Å². The summed E-state index contributed by atoms with van der Waals surface area (Å²) in [5, 5.41) is 6.78. The molecule has 0 fully saturated rings. The molecule has 1 aromatic carbocycles. The fourth-order valence-electron chi connectivity index (χ4n) is 2.67. The van der Waals surface area contributed by atoms with Gasteiger partial charge >= 0.3 is 0 Å². The summed E-state index contributed by atoms with van der Waals surface area (Å²) in [5.74, 6) is 1.81. The van der Waals surface area contributed by atoms with E-state index in [9.17, 15) is 0 Å². The number of guanidine groups is 1. The molecule has 2 aromatic rings. The van der Waals surface area contributed by atoms with Gasteiger partial charge in [-0.15, -0.1) is 35.3 Å². The molecule has 0 amide bonds. The van der Waals surface area contributed by atoms with Gasteiger partial charge in [0.15, 0.2) is 5.96 Å². The van der Waals surface area contributed by atoms with Crippen molar-refractivity contribution >= 4 is 41.3 Å². The van der Waals surface area contributed by atoms with E-state index in [1.165, 1.54) is 5.01 Å². The van der Waals surface area contributed by atoms with Crippen LogP contribution in [0.3, 0.4) is 0 Å². The fourth-order valence-corrected chi connectivity index (χ4v) is 3.49. The number of aryl methyl sites for hydroxylation is 2. The fraction of sp³-hybridized carbons (Fsp3) is 0.474. The Balaban J connectivity index is 0.00000338. The number of aromatic nitrogens is 1. The van der Waals surface area contributed by atoms with Crippen LogP contribution in [0.15, 0.2) is 34.6 Å². The molecule has 2 rings (SSSR count). The van der Waals surface area contributed by atoms with Crippen LogP contribution in [0.4, 0.5) is 0 Å². The Labute approximate surface area is 177 Å². The molecular weight excluding hydrogens is 459 g/mol. The number of thiazole rings is 1. The number of para-hydroxylation sites is 1. The molecule has 0 aliphatic rings. The predicted molar refractivity (Wildman–Crippen MR) is 121 cm³/mol. The topological polar surface area (TPSA) is 49.8 Å². The Morgan fingerprint density at radius 1 is 1.31 bits per heavy atom. The average molecular weight is 488 g/mol. The van der Waals surface area contributed by atoms with Crippen LogP contribution in [-0.4, -0.2) is 43.6 Å². The van der Waals surface area contributed by atoms with Crippen molar-refractivity contribution in [2.45, 2.75) is 32.7 Å². The summed E-state index contributed by atoms with van der Waals surface area (Å²) >= 11 is 1.75. The van der Waals surface area contributed by atoms with Crippen molar-refractivity contribution in [3.05, 3.63) is 45.9 Å². The lowest BCUT2D eigenvalue weighted by Gasteiger charge is -2.23. The first-order valence-electron chi connectivity index (χ1n) is 8.58. The highest BCUT2D eigenvalue weighted by atomic mass is 127. The molecule has 0 atom stereocenters. The third-order valence-corrected chi connectivity index (χ3v) is 4.97. The molecule has 5 nitrogen and oxygen atoms in total. The number of nitrogens with zero attached hydrogens (tertiary/aromatic N) is 3. The molecule has 0 unspecified atom stereocenters. The summed E-state index contributed by atoms with van der Waals surface area (Å²) < 4.78 is 5.42. The Bertz CT molecular complexity index is 690. The van der Waals surface area contributed by atoms with Crippen LogP contribution in [0, 0.1) is 6.92 Å². The summed E-state index contributed by atoms with van der Waals surface area (Å²) in [6, 6.07) is 8.08. The number of ether oxygens (including phenoxy) is 1.